The van der Waals surface area contributed by atoms with Crippen molar-refractivity contribution < 1.29 is 19.0 Å². The van der Waals surface area contributed by atoms with Gasteiger partial charge in [0.2, 0.25) is 0 Å². The molecule has 1 atom stereocenters. The summed E-state index contributed by atoms with van der Waals surface area (Å²) in [5.41, 5.74) is 0.594. The van der Waals surface area contributed by atoms with Crippen LogP contribution in [0.1, 0.15) is 24.8 Å². The fourth-order valence-electron chi connectivity index (χ4n) is 1.48. The van der Waals surface area contributed by atoms with E-state index in [1.54, 1.807) is 6.92 Å². The molecular formula is C11H12ClFO3. The number of hydrogen-bond acceptors (Lipinski definition) is 2. The molecule has 1 aromatic rings. The Morgan fingerprint density at radius 3 is 2.75 bits per heavy atom. The number of aliphatic carboxylic acids is 1. The third kappa shape index (κ3) is 2.85. The van der Waals surface area contributed by atoms with Crippen molar-refractivity contribution in [1.29, 1.82) is 0 Å². The predicted octanol–water partition coefficient (Wildman–Crippen LogP) is 3.07. The summed E-state index contributed by atoms with van der Waals surface area (Å²) in [6, 6.07) is 2.57. The predicted molar refractivity (Wildman–Crippen MR) is 58.6 cm³/mol. The number of hydrogen-bond donors (Lipinski definition) is 1. The molecular weight excluding hydrogens is 235 g/mol. The van der Waals surface area contributed by atoms with E-state index in [-0.39, 0.29) is 17.4 Å². The van der Waals surface area contributed by atoms with Crippen molar-refractivity contribution in [2.45, 2.75) is 19.3 Å². The fourth-order valence-corrected chi connectivity index (χ4v) is 1.65. The molecule has 0 saturated heterocycles. The highest BCUT2D eigenvalue weighted by Gasteiger charge is 2.17. The summed E-state index contributed by atoms with van der Waals surface area (Å²) in [4.78, 5) is 10.6. The molecule has 0 aliphatic rings. The van der Waals surface area contributed by atoms with E-state index in [0.29, 0.717) is 11.3 Å². The maximum Gasteiger partial charge on any atom is 0.303 e. The van der Waals surface area contributed by atoms with Gasteiger partial charge in [0.15, 0.2) is 0 Å². The first-order chi connectivity index (χ1) is 7.45. The van der Waals surface area contributed by atoms with E-state index in [1.165, 1.54) is 13.2 Å². The summed E-state index contributed by atoms with van der Waals surface area (Å²) < 4.78 is 18.1. The first-order valence-electron chi connectivity index (χ1n) is 4.70. The summed E-state index contributed by atoms with van der Waals surface area (Å²) in [6.07, 6.45) is -0.0572. The van der Waals surface area contributed by atoms with Crippen LogP contribution in [0.25, 0.3) is 0 Å². The van der Waals surface area contributed by atoms with Crippen LogP contribution >= 0.6 is 11.6 Å². The van der Waals surface area contributed by atoms with Gasteiger partial charge in [0.25, 0.3) is 0 Å². The summed E-state index contributed by atoms with van der Waals surface area (Å²) in [5, 5.41) is 8.65. The van der Waals surface area contributed by atoms with Crippen molar-refractivity contribution in [1.82, 2.24) is 0 Å². The van der Waals surface area contributed by atoms with Crippen molar-refractivity contribution in [3.63, 3.8) is 0 Å². The zero-order valence-electron chi connectivity index (χ0n) is 8.96. The van der Waals surface area contributed by atoms with Crippen LogP contribution in [0.2, 0.25) is 5.02 Å². The van der Waals surface area contributed by atoms with Gasteiger partial charge in [-0.25, -0.2) is 4.39 Å². The van der Waals surface area contributed by atoms with E-state index in [0.717, 1.165) is 6.07 Å². The van der Waals surface area contributed by atoms with Crippen molar-refractivity contribution >= 4 is 17.6 Å². The smallest absolute Gasteiger partial charge is 0.303 e. The Balaban J connectivity index is 3.10. The molecule has 0 saturated carbocycles. The van der Waals surface area contributed by atoms with E-state index in [9.17, 15) is 9.18 Å². The summed E-state index contributed by atoms with van der Waals surface area (Å²) >= 11 is 5.65. The average Bonchev–Trinajstić information content (AvgIpc) is 2.20. The van der Waals surface area contributed by atoms with Gasteiger partial charge in [0.1, 0.15) is 11.6 Å². The minimum absolute atomic E-state index is 0.0342. The Morgan fingerprint density at radius 1 is 1.62 bits per heavy atom. The number of ether oxygens (including phenoxy) is 1. The van der Waals surface area contributed by atoms with E-state index < -0.39 is 11.8 Å². The van der Waals surface area contributed by atoms with Crippen molar-refractivity contribution in [2.75, 3.05) is 7.11 Å². The Kier molecular flexibility index (Phi) is 4.12. The maximum absolute atomic E-state index is 13.1. The van der Waals surface area contributed by atoms with E-state index in [1.807, 2.05) is 0 Å². The largest absolute Gasteiger partial charge is 0.496 e. The number of rotatable bonds is 4. The normalized spacial score (nSPS) is 12.2. The van der Waals surface area contributed by atoms with Gasteiger partial charge in [0.05, 0.1) is 18.6 Å². The SMILES string of the molecule is COc1cc(F)c(Cl)cc1C(C)CC(=O)O. The molecule has 1 rings (SSSR count). The quantitative estimate of drug-likeness (QED) is 0.888. The lowest BCUT2D eigenvalue weighted by molar-refractivity contribution is -0.137. The van der Waals surface area contributed by atoms with Gasteiger partial charge in [0, 0.05) is 6.07 Å². The third-order valence-corrected chi connectivity index (χ3v) is 2.57. The molecule has 88 valence electrons. The molecule has 0 aromatic heterocycles. The number of carboxylic acids is 1. The molecule has 1 aromatic carbocycles. The number of halogens is 2. The lowest BCUT2D eigenvalue weighted by Crippen LogP contribution is -2.05. The number of carbonyl (C=O) groups is 1. The number of benzene rings is 1. The highest BCUT2D eigenvalue weighted by molar-refractivity contribution is 6.30. The van der Waals surface area contributed by atoms with Gasteiger partial charge in [-0.05, 0) is 17.5 Å². The van der Waals surface area contributed by atoms with Crippen LogP contribution in [0, 0.1) is 5.82 Å². The molecule has 0 aliphatic heterocycles. The van der Waals surface area contributed by atoms with Gasteiger partial charge in [-0.2, -0.15) is 0 Å². The van der Waals surface area contributed by atoms with Crippen molar-refractivity contribution in [2.24, 2.45) is 0 Å². The first-order valence-corrected chi connectivity index (χ1v) is 5.08. The van der Waals surface area contributed by atoms with Crippen LogP contribution in [0.3, 0.4) is 0 Å². The minimum atomic E-state index is -0.921. The molecule has 1 unspecified atom stereocenters. The zero-order chi connectivity index (χ0) is 12.3. The number of carboxylic acid groups (broad SMARTS) is 1. The Morgan fingerprint density at radius 2 is 2.25 bits per heavy atom. The minimum Gasteiger partial charge on any atom is -0.496 e. The second-order valence-corrected chi connectivity index (χ2v) is 3.91. The van der Waals surface area contributed by atoms with Crippen LogP contribution in [-0.4, -0.2) is 18.2 Å². The van der Waals surface area contributed by atoms with Crippen LogP contribution in [0.15, 0.2) is 12.1 Å². The van der Waals surface area contributed by atoms with Crippen LogP contribution in [0.4, 0.5) is 4.39 Å². The Bertz CT molecular complexity index is 406. The molecule has 5 heteroatoms. The van der Waals surface area contributed by atoms with Gasteiger partial charge in [-0.1, -0.05) is 18.5 Å². The molecule has 0 heterocycles. The average molecular weight is 247 g/mol. The highest BCUT2D eigenvalue weighted by atomic mass is 35.5. The van der Waals surface area contributed by atoms with Crippen molar-refractivity contribution in [3.05, 3.63) is 28.5 Å². The molecule has 0 fully saturated rings. The van der Waals surface area contributed by atoms with Gasteiger partial charge >= 0.3 is 5.97 Å². The molecule has 0 radical (unpaired) electrons. The molecule has 0 amide bonds. The van der Waals surface area contributed by atoms with E-state index in [2.05, 4.69) is 0 Å². The van der Waals surface area contributed by atoms with Crippen LogP contribution in [-0.2, 0) is 4.79 Å². The van der Waals surface area contributed by atoms with E-state index in [4.69, 9.17) is 21.4 Å². The maximum atomic E-state index is 13.1. The van der Waals surface area contributed by atoms with Gasteiger partial charge in [-0.3, -0.25) is 4.79 Å². The summed E-state index contributed by atoms with van der Waals surface area (Å²) in [5.74, 6) is -1.47. The lowest BCUT2D eigenvalue weighted by Gasteiger charge is -2.14. The molecule has 1 N–H and O–H groups in total. The second-order valence-electron chi connectivity index (χ2n) is 3.51. The summed E-state index contributed by atoms with van der Waals surface area (Å²) in [6.45, 7) is 1.72. The Labute approximate surface area is 97.8 Å². The van der Waals surface area contributed by atoms with E-state index >= 15 is 0 Å². The Hall–Kier alpha value is -1.29. The van der Waals surface area contributed by atoms with Crippen LogP contribution in [0.5, 0.6) is 5.75 Å². The molecule has 0 bridgehead atoms. The first kappa shape index (κ1) is 12.8. The highest BCUT2D eigenvalue weighted by Crippen LogP contribution is 2.32. The summed E-state index contributed by atoms with van der Waals surface area (Å²) in [7, 11) is 1.40. The van der Waals surface area contributed by atoms with Gasteiger partial charge in [-0.15, -0.1) is 0 Å². The van der Waals surface area contributed by atoms with Crippen molar-refractivity contribution in [3.8, 4) is 5.75 Å². The van der Waals surface area contributed by atoms with Gasteiger partial charge < -0.3 is 9.84 Å². The molecule has 0 aliphatic carbocycles. The third-order valence-electron chi connectivity index (χ3n) is 2.28. The molecule has 3 nitrogen and oxygen atoms in total. The zero-order valence-corrected chi connectivity index (χ0v) is 9.71. The fraction of sp³-hybridized carbons (Fsp3) is 0.364. The van der Waals surface area contributed by atoms with Crippen LogP contribution < -0.4 is 4.74 Å². The standard InChI is InChI=1S/C11H12ClFO3/c1-6(3-11(14)15)7-4-8(12)9(13)5-10(7)16-2/h4-6H,3H2,1-2H3,(H,14,15). The second kappa shape index (κ2) is 5.16. The molecule has 0 spiro atoms. The molecule has 16 heavy (non-hydrogen) atoms. The monoisotopic (exact) mass is 246 g/mol. The lowest BCUT2D eigenvalue weighted by atomic mass is 9.97. The number of methoxy groups -OCH3 is 1. The topological polar surface area (TPSA) is 46.5 Å².